The molecule has 1 saturated heterocycles. The Kier molecular flexibility index (Phi) is 4.97. The van der Waals surface area contributed by atoms with Gasteiger partial charge in [-0.15, -0.1) is 0 Å². The van der Waals surface area contributed by atoms with Gasteiger partial charge in [-0.25, -0.2) is 0 Å². The average Bonchev–Trinajstić information content (AvgIpc) is 3.45. The van der Waals surface area contributed by atoms with Gasteiger partial charge in [0, 0.05) is 37.8 Å². The number of nitrogens with zero attached hydrogens (tertiary/aromatic N) is 3. The number of aryl methyl sites for hydroxylation is 1. The van der Waals surface area contributed by atoms with Gasteiger partial charge in [-0.1, -0.05) is 19.1 Å². The molecule has 1 aliphatic rings. The molecule has 3 heterocycles. The number of rotatable bonds is 4. The van der Waals surface area contributed by atoms with E-state index in [1.807, 2.05) is 24.3 Å². The first kappa shape index (κ1) is 18.0. The summed E-state index contributed by atoms with van der Waals surface area (Å²) in [6.45, 7) is 4.08. The molecule has 1 fully saturated rings. The van der Waals surface area contributed by atoms with E-state index >= 15 is 0 Å². The summed E-state index contributed by atoms with van der Waals surface area (Å²) in [5.74, 6) is 0.499. The third-order valence-electron chi connectivity index (χ3n) is 5.05. The Bertz CT molecular complexity index is 952. The van der Waals surface area contributed by atoms with E-state index in [-0.39, 0.29) is 11.8 Å². The lowest BCUT2D eigenvalue weighted by Gasteiger charge is -2.34. The van der Waals surface area contributed by atoms with Crippen LogP contribution < -0.4 is 0 Å². The van der Waals surface area contributed by atoms with Gasteiger partial charge in [-0.05, 0) is 36.2 Å². The predicted octanol–water partition coefficient (Wildman–Crippen LogP) is 2.83. The van der Waals surface area contributed by atoms with Crippen LogP contribution in [-0.4, -0.2) is 58.0 Å². The number of aromatic nitrogens is 2. The third kappa shape index (κ3) is 3.55. The molecule has 1 N–H and O–H groups in total. The van der Waals surface area contributed by atoms with Crippen molar-refractivity contribution < 1.29 is 14.0 Å². The van der Waals surface area contributed by atoms with Crippen LogP contribution >= 0.6 is 0 Å². The third-order valence-corrected chi connectivity index (χ3v) is 5.05. The molecule has 0 unspecified atom stereocenters. The summed E-state index contributed by atoms with van der Waals surface area (Å²) >= 11 is 0. The lowest BCUT2D eigenvalue weighted by Crippen LogP contribution is -2.50. The maximum absolute atomic E-state index is 12.7. The number of hydrogen-bond donors (Lipinski definition) is 1. The van der Waals surface area contributed by atoms with Gasteiger partial charge in [0.15, 0.2) is 11.5 Å². The van der Waals surface area contributed by atoms with Gasteiger partial charge in [0.25, 0.3) is 11.8 Å². The van der Waals surface area contributed by atoms with Gasteiger partial charge in [0.05, 0.1) is 6.26 Å². The van der Waals surface area contributed by atoms with Gasteiger partial charge < -0.3 is 14.2 Å². The lowest BCUT2D eigenvalue weighted by atomic mass is 10.1. The van der Waals surface area contributed by atoms with Gasteiger partial charge in [-0.2, -0.15) is 5.10 Å². The van der Waals surface area contributed by atoms with Crippen molar-refractivity contribution in [2.75, 3.05) is 26.2 Å². The molecule has 0 radical (unpaired) electrons. The highest BCUT2D eigenvalue weighted by molar-refractivity contribution is 5.95. The second kappa shape index (κ2) is 7.72. The summed E-state index contributed by atoms with van der Waals surface area (Å²) in [4.78, 5) is 28.9. The molecule has 7 nitrogen and oxygen atoms in total. The van der Waals surface area contributed by atoms with Crippen molar-refractivity contribution in [1.29, 1.82) is 0 Å². The van der Waals surface area contributed by atoms with Crippen molar-refractivity contribution in [2.45, 2.75) is 13.3 Å². The molecule has 0 atom stereocenters. The van der Waals surface area contributed by atoms with Crippen molar-refractivity contribution >= 4 is 11.8 Å². The number of amides is 2. The molecule has 28 heavy (non-hydrogen) atoms. The summed E-state index contributed by atoms with van der Waals surface area (Å²) in [6, 6.07) is 13.0. The molecule has 3 aromatic rings. The highest BCUT2D eigenvalue weighted by atomic mass is 16.3. The van der Waals surface area contributed by atoms with E-state index in [0.29, 0.717) is 48.9 Å². The first-order chi connectivity index (χ1) is 13.7. The van der Waals surface area contributed by atoms with Gasteiger partial charge >= 0.3 is 0 Å². The lowest BCUT2D eigenvalue weighted by molar-refractivity contribution is 0.0532. The minimum absolute atomic E-state index is 0.00891. The first-order valence-electron chi connectivity index (χ1n) is 9.42. The summed E-state index contributed by atoms with van der Waals surface area (Å²) in [5.41, 5.74) is 2.91. The average molecular weight is 378 g/mol. The number of piperazine rings is 1. The Morgan fingerprint density at radius 2 is 1.71 bits per heavy atom. The molecule has 2 amide bonds. The maximum Gasteiger partial charge on any atom is 0.274 e. The van der Waals surface area contributed by atoms with Crippen molar-refractivity contribution in [3.63, 3.8) is 0 Å². The van der Waals surface area contributed by atoms with Crippen LogP contribution in [-0.2, 0) is 6.42 Å². The van der Waals surface area contributed by atoms with E-state index in [2.05, 4.69) is 17.1 Å². The summed E-state index contributed by atoms with van der Waals surface area (Å²) in [5, 5.41) is 6.94. The SMILES string of the molecule is CCc1ccc(C(=O)N2CCN(C(=O)c3cc(-c4ccco4)[nH]n3)CC2)cc1. The molecular weight excluding hydrogens is 356 g/mol. The zero-order valence-corrected chi connectivity index (χ0v) is 15.7. The Hall–Kier alpha value is -3.35. The van der Waals surface area contributed by atoms with Crippen molar-refractivity contribution in [2.24, 2.45) is 0 Å². The number of benzene rings is 1. The Morgan fingerprint density at radius 1 is 1.04 bits per heavy atom. The molecule has 0 aliphatic carbocycles. The van der Waals surface area contributed by atoms with Crippen LogP contribution in [0, 0.1) is 0 Å². The minimum Gasteiger partial charge on any atom is -0.463 e. The normalized spacial score (nSPS) is 14.3. The number of aromatic amines is 1. The topological polar surface area (TPSA) is 82.4 Å². The molecule has 0 bridgehead atoms. The van der Waals surface area contributed by atoms with E-state index in [4.69, 9.17) is 4.42 Å². The number of carbonyl (C=O) groups excluding carboxylic acids is 2. The van der Waals surface area contributed by atoms with Crippen LogP contribution in [0.4, 0.5) is 0 Å². The van der Waals surface area contributed by atoms with Crippen LogP contribution in [0.1, 0.15) is 33.3 Å². The molecule has 1 aliphatic heterocycles. The van der Waals surface area contributed by atoms with Crippen LogP contribution in [0.15, 0.2) is 53.1 Å². The van der Waals surface area contributed by atoms with Crippen LogP contribution in [0.25, 0.3) is 11.5 Å². The second-order valence-corrected chi connectivity index (χ2v) is 6.78. The van der Waals surface area contributed by atoms with E-state index in [0.717, 1.165) is 6.42 Å². The standard InChI is InChI=1S/C21H22N4O3/c1-2-15-5-7-16(8-6-15)20(26)24-9-11-25(12-10-24)21(27)18-14-17(22-23-18)19-4-3-13-28-19/h3-8,13-14H,2,9-12H2,1H3,(H,22,23). The van der Waals surface area contributed by atoms with Crippen molar-refractivity contribution in [3.05, 3.63) is 65.5 Å². The highest BCUT2D eigenvalue weighted by Crippen LogP contribution is 2.19. The zero-order chi connectivity index (χ0) is 19.5. The second-order valence-electron chi connectivity index (χ2n) is 6.78. The van der Waals surface area contributed by atoms with Gasteiger partial charge in [0.1, 0.15) is 5.69 Å². The van der Waals surface area contributed by atoms with E-state index in [1.165, 1.54) is 5.56 Å². The van der Waals surface area contributed by atoms with Crippen LogP contribution in [0.3, 0.4) is 0 Å². The van der Waals surface area contributed by atoms with E-state index in [9.17, 15) is 9.59 Å². The van der Waals surface area contributed by atoms with Crippen LogP contribution in [0.2, 0.25) is 0 Å². The number of hydrogen-bond acceptors (Lipinski definition) is 4. The molecule has 7 heteroatoms. The quantitative estimate of drug-likeness (QED) is 0.757. The highest BCUT2D eigenvalue weighted by Gasteiger charge is 2.27. The number of carbonyl (C=O) groups is 2. The largest absolute Gasteiger partial charge is 0.463 e. The summed E-state index contributed by atoms with van der Waals surface area (Å²) in [6.07, 6.45) is 2.52. The van der Waals surface area contributed by atoms with Crippen LogP contribution in [0.5, 0.6) is 0 Å². The number of furan rings is 1. The first-order valence-corrected chi connectivity index (χ1v) is 9.42. The summed E-state index contributed by atoms with van der Waals surface area (Å²) in [7, 11) is 0. The van der Waals surface area contributed by atoms with Gasteiger partial charge in [0.2, 0.25) is 0 Å². The number of nitrogens with one attached hydrogen (secondary N) is 1. The molecular formula is C21H22N4O3. The molecule has 4 rings (SSSR count). The maximum atomic E-state index is 12.7. The molecule has 1 aromatic carbocycles. The van der Waals surface area contributed by atoms with E-state index in [1.54, 1.807) is 34.3 Å². The minimum atomic E-state index is -0.145. The fourth-order valence-corrected chi connectivity index (χ4v) is 3.33. The molecule has 2 aromatic heterocycles. The zero-order valence-electron chi connectivity index (χ0n) is 15.7. The fraction of sp³-hybridized carbons (Fsp3) is 0.286. The monoisotopic (exact) mass is 378 g/mol. The fourth-order valence-electron chi connectivity index (χ4n) is 3.33. The van der Waals surface area contributed by atoms with Crippen molar-refractivity contribution in [1.82, 2.24) is 20.0 Å². The Morgan fingerprint density at radius 3 is 2.32 bits per heavy atom. The molecule has 144 valence electrons. The Labute approximate surface area is 162 Å². The summed E-state index contributed by atoms with van der Waals surface area (Å²) < 4.78 is 5.31. The predicted molar refractivity (Wildman–Crippen MR) is 104 cm³/mol. The number of H-pyrrole nitrogens is 1. The van der Waals surface area contributed by atoms with E-state index < -0.39 is 0 Å². The van der Waals surface area contributed by atoms with Gasteiger partial charge in [-0.3, -0.25) is 14.7 Å². The molecule has 0 saturated carbocycles. The molecule has 0 spiro atoms. The van der Waals surface area contributed by atoms with Crippen molar-refractivity contribution in [3.8, 4) is 11.5 Å². The Balaban J connectivity index is 1.37. The smallest absolute Gasteiger partial charge is 0.274 e.